The molecule has 6 nitrogen and oxygen atoms in total. The Hall–Kier alpha value is -1.10. The van der Waals surface area contributed by atoms with Crippen molar-refractivity contribution in [2.75, 3.05) is 0 Å². The van der Waals surface area contributed by atoms with Crippen LogP contribution in [0.25, 0.3) is 0 Å². The first-order chi connectivity index (χ1) is 5.43. The molecule has 0 bridgehead atoms. The third kappa shape index (κ3) is 1.55. The topological polar surface area (TPSA) is 108 Å². The van der Waals surface area contributed by atoms with E-state index in [9.17, 15) is 9.36 Å². The highest BCUT2D eigenvalue weighted by molar-refractivity contribution is 7.60. The quantitative estimate of drug-likeness (QED) is 0.559. The standard InChI is InChI=1S/C5H5O6P/c6-5(7)4-3(1-2-11-4)12(8,9)10/h1-2H,(H,6,7)(H2,8,9,10). The van der Waals surface area contributed by atoms with Gasteiger partial charge in [0.15, 0.2) is 0 Å². The van der Waals surface area contributed by atoms with Crippen LogP contribution in [0.15, 0.2) is 16.7 Å². The largest absolute Gasteiger partial charge is 0.475 e. The van der Waals surface area contributed by atoms with E-state index < -0.39 is 24.6 Å². The number of rotatable bonds is 2. The van der Waals surface area contributed by atoms with Crippen molar-refractivity contribution < 1.29 is 28.7 Å². The van der Waals surface area contributed by atoms with Gasteiger partial charge < -0.3 is 19.3 Å². The van der Waals surface area contributed by atoms with Crippen LogP contribution < -0.4 is 5.30 Å². The fourth-order valence-electron chi connectivity index (χ4n) is 0.692. The Morgan fingerprint density at radius 1 is 1.50 bits per heavy atom. The lowest BCUT2D eigenvalue weighted by molar-refractivity contribution is 0.0663. The van der Waals surface area contributed by atoms with Gasteiger partial charge in [0.1, 0.15) is 5.30 Å². The monoisotopic (exact) mass is 192 g/mol. The van der Waals surface area contributed by atoms with Gasteiger partial charge in [0.2, 0.25) is 5.76 Å². The smallest absolute Gasteiger partial charge is 0.372 e. The zero-order valence-corrected chi connectivity index (χ0v) is 6.56. The van der Waals surface area contributed by atoms with Crippen molar-refractivity contribution in [2.45, 2.75) is 0 Å². The Morgan fingerprint density at radius 2 is 2.08 bits per heavy atom. The first-order valence-electron chi connectivity index (χ1n) is 2.80. The van der Waals surface area contributed by atoms with Crippen LogP contribution in [0.5, 0.6) is 0 Å². The molecule has 0 unspecified atom stereocenters. The number of carbonyl (C=O) groups is 1. The van der Waals surface area contributed by atoms with Gasteiger partial charge in [0.05, 0.1) is 6.26 Å². The number of aromatic carboxylic acids is 1. The average Bonchev–Trinajstić information content (AvgIpc) is 2.30. The Morgan fingerprint density at radius 3 is 2.42 bits per heavy atom. The molecule has 12 heavy (non-hydrogen) atoms. The summed E-state index contributed by atoms with van der Waals surface area (Å²) >= 11 is 0. The van der Waals surface area contributed by atoms with Gasteiger partial charge in [-0.15, -0.1) is 0 Å². The molecule has 1 aromatic rings. The second-order valence-corrected chi connectivity index (χ2v) is 3.55. The maximum atomic E-state index is 10.6. The van der Waals surface area contributed by atoms with Gasteiger partial charge in [-0.05, 0) is 6.07 Å². The molecule has 0 aliphatic rings. The summed E-state index contributed by atoms with van der Waals surface area (Å²) in [4.78, 5) is 27.5. The lowest BCUT2D eigenvalue weighted by Crippen LogP contribution is -2.11. The van der Waals surface area contributed by atoms with E-state index in [1.807, 2.05) is 0 Å². The summed E-state index contributed by atoms with van der Waals surface area (Å²) in [6.07, 6.45) is 0.915. The van der Waals surface area contributed by atoms with Crippen LogP contribution in [0.2, 0.25) is 0 Å². The minimum Gasteiger partial charge on any atom is -0.475 e. The molecular weight excluding hydrogens is 187 g/mol. The van der Waals surface area contributed by atoms with E-state index in [0.29, 0.717) is 0 Å². The average molecular weight is 192 g/mol. The molecule has 1 heterocycles. The summed E-state index contributed by atoms with van der Waals surface area (Å²) in [5.74, 6) is -2.22. The van der Waals surface area contributed by atoms with E-state index in [1.165, 1.54) is 0 Å². The van der Waals surface area contributed by atoms with Crippen LogP contribution in [0, 0.1) is 0 Å². The molecule has 0 radical (unpaired) electrons. The van der Waals surface area contributed by atoms with Gasteiger partial charge in [-0.25, -0.2) is 4.79 Å². The summed E-state index contributed by atoms with van der Waals surface area (Å²) in [6.45, 7) is 0. The van der Waals surface area contributed by atoms with Crippen LogP contribution in [-0.4, -0.2) is 20.9 Å². The fraction of sp³-hybridized carbons (Fsp3) is 0. The van der Waals surface area contributed by atoms with Crippen LogP contribution in [0.1, 0.15) is 10.6 Å². The van der Waals surface area contributed by atoms with Crippen LogP contribution in [-0.2, 0) is 4.57 Å². The Balaban J connectivity index is 3.26. The molecule has 66 valence electrons. The molecule has 0 aliphatic heterocycles. The van der Waals surface area contributed by atoms with E-state index in [-0.39, 0.29) is 0 Å². The molecule has 3 N–H and O–H groups in total. The number of carboxylic acids is 1. The molecular formula is C5H5O6P. The van der Waals surface area contributed by atoms with Gasteiger partial charge in [-0.1, -0.05) is 0 Å². The van der Waals surface area contributed by atoms with Gasteiger partial charge in [-0.3, -0.25) is 4.57 Å². The SMILES string of the molecule is O=C(O)c1occc1P(=O)(O)O. The van der Waals surface area contributed by atoms with E-state index in [2.05, 4.69) is 4.42 Å². The van der Waals surface area contributed by atoms with Crippen molar-refractivity contribution in [1.82, 2.24) is 0 Å². The number of hydrogen-bond donors (Lipinski definition) is 3. The van der Waals surface area contributed by atoms with Crippen molar-refractivity contribution in [3.63, 3.8) is 0 Å². The maximum absolute atomic E-state index is 10.6. The van der Waals surface area contributed by atoms with Crippen LogP contribution in [0.3, 0.4) is 0 Å². The predicted molar refractivity (Wildman–Crippen MR) is 37.3 cm³/mol. The van der Waals surface area contributed by atoms with E-state index in [1.54, 1.807) is 0 Å². The molecule has 7 heteroatoms. The molecule has 0 saturated carbocycles. The maximum Gasteiger partial charge on any atom is 0.372 e. The second kappa shape index (κ2) is 2.75. The minimum absolute atomic E-state index is 0.602. The lowest BCUT2D eigenvalue weighted by Gasteiger charge is -1.99. The molecule has 0 aliphatic carbocycles. The highest BCUT2D eigenvalue weighted by Crippen LogP contribution is 2.34. The summed E-state index contributed by atoms with van der Waals surface area (Å²) < 4.78 is 15.0. The van der Waals surface area contributed by atoms with Crippen molar-refractivity contribution in [3.05, 3.63) is 18.1 Å². The molecule has 0 spiro atoms. The molecule has 0 atom stereocenters. The number of furan rings is 1. The molecule has 0 fully saturated rings. The normalized spacial score (nSPS) is 11.5. The Bertz CT molecular complexity index is 347. The first kappa shape index (κ1) is 8.99. The van der Waals surface area contributed by atoms with Crippen molar-refractivity contribution >= 4 is 18.9 Å². The second-order valence-electron chi connectivity index (χ2n) is 1.98. The minimum atomic E-state index is -4.54. The van der Waals surface area contributed by atoms with Gasteiger partial charge in [-0.2, -0.15) is 0 Å². The van der Waals surface area contributed by atoms with Crippen molar-refractivity contribution in [1.29, 1.82) is 0 Å². The summed E-state index contributed by atoms with van der Waals surface area (Å²) in [7, 11) is -4.54. The molecule has 0 amide bonds. The van der Waals surface area contributed by atoms with Gasteiger partial charge in [0.25, 0.3) is 0 Å². The lowest BCUT2D eigenvalue weighted by atomic mass is 10.5. The van der Waals surface area contributed by atoms with E-state index >= 15 is 0 Å². The van der Waals surface area contributed by atoms with E-state index in [0.717, 1.165) is 12.3 Å². The first-order valence-corrected chi connectivity index (χ1v) is 4.41. The van der Waals surface area contributed by atoms with Gasteiger partial charge in [0, 0.05) is 0 Å². The molecule has 1 aromatic heterocycles. The third-order valence-corrected chi connectivity index (χ3v) is 2.13. The van der Waals surface area contributed by atoms with Crippen molar-refractivity contribution in [2.24, 2.45) is 0 Å². The number of carboxylic acid groups (broad SMARTS) is 1. The highest BCUT2D eigenvalue weighted by atomic mass is 31.2. The Labute approximate surface area is 66.6 Å². The zero-order chi connectivity index (χ0) is 9.35. The third-order valence-electron chi connectivity index (χ3n) is 1.15. The van der Waals surface area contributed by atoms with Crippen LogP contribution in [0.4, 0.5) is 0 Å². The fourth-order valence-corrected chi connectivity index (χ4v) is 1.36. The summed E-state index contributed by atoms with van der Waals surface area (Å²) in [5, 5.41) is 7.78. The molecule has 0 saturated heterocycles. The molecule has 0 aromatic carbocycles. The summed E-state index contributed by atoms with van der Waals surface area (Å²) in [5.41, 5.74) is 0. The van der Waals surface area contributed by atoms with Crippen LogP contribution >= 0.6 is 7.60 Å². The predicted octanol–water partition coefficient (Wildman–Crippen LogP) is -0.219. The Kier molecular flexibility index (Phi) is 2.06. The molecule has 1 rings (SSSR count). The zero-order valence-electron chi connectivity index (χ0n) is 5.67. The van der Waals surface area contributed by atoms with Crippen molar-refractivity contribution in [3.8, 4) is 0 Å². The highest BCUT2D eigenvalue weighted by Gasteiger charge is 2.27. The van der Waals surface area contributed by atoms with E-state index in [4.69, 9.17) is 14.9 Å². The summed E-state index contributed by atoms with van der Waals surface area (Å²) in [6, 6.07) is 0.935. The number of hydrogen-bond acceptors (Lipinski definition) is 3. The van der Waals surface area contributed by atoms with Gasteiger partial charge >= 0.3 is 13.6 Å².